The minimum absolute atomic E-state index is 0.0787. The SMILES string of the molecule is O=C1NC(c2ccc(N3CCCCC3)cc2)(c2ccsc2)CC(O)=C1Sc1ccccc1Cl. The molecule has 3 heterocycles. The van der Waals surface area contributed by atoms with E-state index >= 15 is 0 Å². The summed E-state index contributed by atoms with van der Waals surface area (Å²) in [6.07, 6.45) is 4.02. The molecule has 7 heteroatoms. The van der Waals surface area contributed by atoms with E-state index in [-0.39, 0.29) is 18.1 Å². The quantitative estimate of drug-likeness (QED) is 0.411. The minimum atomic E-state index is -0.813. The number of piperidine rings is 1. The molecule has 2 aliphatic heterocycles. The van der Waals surface area contributed by atoms with E-state index in [1.165, 1.54) is 36.7 Å². The summed E-state index contributed by atoms with van der Waals surface area (Å²) < 4.78 is 0. The van der Waals surface area contributed by atoms with Crippen molar-refractivity contribution in [3.63, 3.8) is 0 Å². The highest BCUT2D eigenvalue weighted by Gasteiger charge is 2.43. The number of hydrogen-bond donors (Lipinski definition) is 2. The molecule has 0 bridgehead atoms. The van der Waals surface area contributed by atoms with Crippen LogP contribution in [0.4, 0.5) is 5.69 Å². The molecular weight excluding hydrogens is 472 g/mol. The number of amides is 1. The highest BCUT2D eigenvalue weighted by molar-refractivity contribution is 8.04. The summed E-state index contributed by atoms with van der Waals surface area (Å²) in [5, 5.41) is 18.9. The number of thiophene rings is 1. The number of halogens is 1. The first-order chi connectivity index (χ1) is 16.1. The first-order valence-electron chi connectivity index (χ1n) is 11.1. The number of nitrogens with zero attached hydrogens (tertiary/aromatic N) is 1. The Morgan fingerprint density at radius 2 is 1.76 bits per heavy atom. The van der Waals surface area contributed by atoms with Crippen LogP contribution < -0.4 is 10.2 Å². The lowest BCUT2D eigenvalue weighted by Crippen LogP contribution is -2.50. The van der Waals surface area contributed by atoms with Crippen LogP contribution in [0.3, 0.4) is 0 Å². The van der Waals surface area contributed by atoms with E-state index in [2.05, 4.69) is 34.5 Å². The van der Waals surface area contributed by atoms with E-state index in [0.717, 1.165) is 29.1 Å². The van der Waals surface area contributed by atoms with Gasteiger partial charge in [0.2, 0.25) is 0 Å². The van der Waals surface area contributed by atoms with Crippen molar-refractivity contribution in [1.29, 1.82) is 0 Å². The van der Waals surface area contributed by atoms with Gasteiger partial charge in [-0.1, -0.05) is 47.6 Å². The van der Waals surface area contributed by atoms with Crippen molar-refractivity contribution in [1.82, 2.24) is 5.32 Å². The molecule has 0 aliphatic carbocycles. The Morgan fingerprint density at radius 1 is 1.00 bits per heavy atom. The Bertz CT molecular complexity index is 1170. The van der Waals surface area contributed by atoms with Crippen LogP contribution in [0.2, 0.25) is 5.02 Å². The molecule has 1 fully saturated rings. The average Bonchev–Trinajstić information content (AvgIpc) is 3.39. The number of nitrogens with one attached hydrogen (secondary N) is 1. The van der Waals surface area contributed by atoms with Gasteiger partial charge < -0.3 is 15.3 Å². The van der Waals surface area contributed by atoms with Crippen molar-refractivity contribution in [3.05, 3.63) is 92.2 Å². The van der Waals surface area contributed by atoms with Gasteiger partial charge in [-0.15, -0.1) is 0 Å². The summed E-state index contributed by atoms with van der Waals surface area (Å²) >= 11 is 9.08. The van der Waals surface area contributed by atoms with Gasteiger partial charge in [-0.3, -0.25) is 4.79 Å². The predicted octanol–water partition coefficient (Wildman–Crippen LogP) is 6.72. The number of rotatable bonds is 5. The smallest absolute Gasteiger partial charge is 0.262 e. The van der Waals surface area contributed by atoms with Crippen LogP contribution in [0.1, 0.15) is 36.8 Å². The topological polar surface area (TPSA) is 52.6 Å². The number of carbonyl (C=O) groups excluding carboxylic acids is 1. The van der Waals surface area contributed by atoms with Crippen molar-refractivity contribution < 1.29 is 9.90 Å². The molecule has 2 aliphatic rings. The highest BCUT2D eigenvalue weighted by atomic mass is 35.5. The largest absolute Gasteiger partial charge is 0.511 e. The lowest BCUT2D eigenvalue weighted by atomic mass is 9.79. The van der Waals surface area contributed by atoms with Gasteiger partial charge in [0, 0.05) is 30.1 Å². The zero-order valence-corrected chi connectivity index (χ0v) is 20.5. The zero-order chi connectivity index (χ0) is 22.8. The second-order valence-electron chi connectivity index (χ2n) is 8.45. The van der Waals surface area contributed by atoms with Crippen LogP contribution in [0.25, 0.3) is 0 Å². The minimum Gasteiger partial charge on any atom is -0.511 e. The lowest BCUT2D eigenvalue weighted by molar-refractivity contribution is -0.119. The summed E-state index contributed by atoms with van der Waals surface area (Å²) in [7, 11) is 0. The molecule has 1 saturated heterocycles. The third kappa shape index (κ3) is 4.39. The Kier molecular flexibility index (Phi) is 6.41. The van der Waals surface area contributed by atoms with Gasteiger partial charge in [-0.25, -0.2) is 0 Å². The maximum absolute atomic E-state index is 13.3. The number of thioether (sulfide) groups is 1. The van der Waals surface area contributed by atoms with Crippen molar-refractivity contribution in [2.45, 2.75) is 36.1 Å². The average molecular weight is 497 g/mol. The van der Waals surface area contributed by atoms with E-state index < -0.39 is 5.54 Å². The van der Waals surface area contributed by atoms with Crippen LogP contribution in [-0.2, 0) is 10.3 Å². The second kappa shape index (κ2) is 9.45. The first-order valence-corrected chi connectivity index (χ1v) is 13.3. The number of benzene rings is 2. The van der Waals surface area contributed by atoms with Gasteiger partial charge in [0.1, 0.15) is 10.7 Å². The summed E-state index contributed by atoms with van der Waals surface area (Å²) in [6, 6.07) is 17.8. The van der Waals surface area contributed by atoms with Crippen LogP contribution in [0.15, 0.2) is 80.9 Å². The van der Waals surface area contributed by atoms with E-state index in [1.807, 2.05) is 35.0 Å². The van der Waals surface area contributed by atoms with E-state index in [1.54, 1.807) is 17.4 Å². The van der Waals surface area contributed by atoms with Crippen molar-refractivity contribution >= 4 is 46.3 Å². The molecule has 3 aromatic rings. The molecule has 170 valence electrons. The van der Waals surface area contributed by atoms with Crippen molar-refractivity contribution in [2.75, 3.05) is 18.0 Å². The fraction of sp³-hybridized carbons (Fsp3) is 0.269. The molecule has 2 aromatic carbocycles. The van der Waals surface area contributed by atoms with Gasteiger partial charge in [0.15, 0.2) is 0 Å². The van der Waals surface area contributed by atoms with Crippen LogP contribution in [0.5, 0.6) is 0 Å². The summed E-state index contributed by atoms with van der Waals surface area (Å²) in [4.78, 5) is 16.8. The molecule has 1 atom stereocenters. The summed E-state index contributed by atoms with van der Waals surface area (Å²) in [5.74, 6) is -0.218. The number of aliphatic hydroxyl groups is 1. The lowest BCUT2D eigenvalue weighted by Gasteiger charge is -2.39. The van der Waals surface area contributed by atoms with Crippen LogP contribution in [0, 0.1) is 0 Å². The maximum Gasteiger partial charge on any atom is 0.262 e. The Balaban J connectivity index is 1.50. The van der Waals surface area contributed by atoms with Crippen LogP contribution in [-0.4, -0.2) is 24.1 Å². The molecule has 1 aromatic heterocycles. The van der Waals surface area contributed by atoms with Crippen molar-refractivity contribution in [3.8, 4) is 0 Å². The van der Waals surface area contributed by atoms with Gasteiger partial charge in [0.25, 0.3) is 5.91 Å². The standard InChI is InChI=1S/C26H25ClN2O2S2/c27-21-6-2-3-7-23(21)33-24-22(30)16-26(28-25(24)31,19-12-15-32-17-19)18-8-10-20(11-9-18)29-13-4-1-5-14-29/h2-3,6-12,15,17,30H,1,4-5,13-14,16H2,(H,28,31). The number of hydrogen-bond acceptors (Lipinski definition) is 5. The van der Waals surface area contributed by atoms with E-state index in [4.69, 9.17) is 11.6 Å². The number of anilines is 1. The van der Waals surface area contributed by atoms with Gasteiger partial charge in [-0.05, 0) is 71.5 Å². The fourth-order valence-electron chi connectivity index (χ4n) is 4.63. The normalized spacial score (nSPS) is 21.2. The molecule has 1 amide bonds. The molecule has 0 spiro atoms. The Labute approximate surface area is 207 Å². The second-order valence-corrected chi connectivity index (χ2v) is 10.7. The third-order valence-corrected chi connectivity index (χ3v) is 8.70. The van der Waals surface area contributed by atoms with Gasteiger partial charge >= 0.3 is 0 Å². The number of aliphatic hydroxyl groups excluding tert-OH is 1. The Morgan fingerprint density at radius 3 is 2.42 bits per heavy atom. The third-order valence-electron chi connectivity index (χ3n) is 6.37. The van der Waals surface area contributed by atoms with Crippen LogP contribution >= 0.6 is 34.7 Å². The number of carbonyl (C=O) groups is 1. The van der Waals surface area contributed by atoms with Gasteiger partial charge in [0.05, 0.1) is 10.6 Å². The monoisotopic (exact) mass is 496 g/mol. The molecular formula is C26H25ClN2O2S2. The maximum atomic E-state index is 13.3. The Hall–Kier alpha value is -2.41. The molecule has 4 nitrogen and oxygen atoms in total. The zero-order valence-electron chi connectivity index (χ0n) is 18.1. The summed E-state index contributed by atoms with van der Waals surface area (Å²) in [5.41, 5.74) is 2.32. The highest BCUT2D eigenvalue weighted by Crippen LogP contribution is 2.44. The molecule has 5 rings (SSSR count). The summed E-state index contributed by atoms with van der Waals surface area (Å²) in [6.45, 7) is 2.16. The molecule has 1 unspecified atom stereocenters. The molecule has 2 N–H and O–H groups in total. The van der Waals surface area contributed by atoms with Gasteiger partial charge in [-0.2, -0.15) is 11.3 Å². The molecule has 0 radical (unpaired) electrons. The fourth-order valence-corrected chi connectivity index (χ4v) is 6.48. The van der Waals surface area contributed by atoms with E-state index in [0.29, 0.717) is 9.93 Å². The first kappa shape index (κ1) is 22.4. The molecule has 0 saturated carbocycles. The predicted molar refractivity (Wildman–Crippen MR) is 137 cm³/mol. The van der Waals surface area contributed by atoms with E-state index in [9.17, 15) is 9.90 Å². The van der Waals surface area contributed by atoms with Crippen molar-refractivity contribution in [2.24, 2.45) is 0 Å². The molecule has 33 heavy (non-hydrogen) atoms.